The molecule has 138 valence electrons. The van der Waals surface area contributed by atoms with E-state index in [9.17, 15) is 14.0 Å². The summed E-state index contributed by atoms with van der Waals surface area (Å²) >= 11 is 0. The molecule has 0 aliphatic heterocycles. The molecule has 1 amide bonds. The Hall–Kier alpha value is -3.09. The Bertz CT molecular complexity index is 801. The van der Waals surface area contributed by atoms with E-state index >= 15 is 0 Å². The Kier molecular flexibility index (Phi) is 6.16. The number of nitrogens with one attached hydrogen (secondary N) is 1. The molecule has 2 aromatic carbocycles. The van der Waals surface area contributed by atoms with Crippen LogP contribution in [0.1, 0.15) is 18.1 Å². The van der Waals surface area contributed by atoms with Crippen molar-refractivity contribution in [3.8, 4) is 11.5 Å². The van der Waals surface area contributed by atoms with Crippen LogP contribution < -0.4 is 14.8 Å². The van der Waals surface area contributed by atoms with Crippen molar-refractivity contribution in [3.05, 3.63) is 53.3 Å². The van der Waals surface area contributed by atoms with Gasteiger partial charge in [-0.1, -0.05) is 6.07 Å². The Labute approximate surface area is 150 Å². The van der Waals surface area contributed by atoms with Crippen LogP contribution >= 0.6 is 0 Å². The summed E-state index contributed by atoms with van der Waals surface area (Å²) in [6, 6.07) is 9.37. The smallest absolute Gasteiger partial charge is 0.341 e. The molecule has 0 fully saturated rings. The molecule has 1 atom stereocenters. The van der Waals surface area contributed by atoms with E-state index in [0.29, 0.717) is 5.75 Å². The molecule has 2 rings (SSSR count). The average molecular weight is 361 g/mol. The molecule has 26 heavy (non-hydrogen) atoms. The molecule has 2 N–H and O–H groups in total. The summed E-state index contributed by atoms with van der Waals surface area (Å²) in [5, 5.41) is 11.1. The van der Waals surface area contributed by atoms with E-state index in [4.69, 9.17) is 14.6 Å². The fraction of sp³-hybridized carbons (Fsp3) is 0.263. The highest BCUT2D eigenvalue weighted by Crippen LogP contribution is 2.22. The highest BCUT2D eigenvalue weighted by atomic mass is 19.1. The first kappa shape index (κ1) is 19.2. The molecule has 0 aliphatic carbocycles. The van der Waals surface area contributed by atoms with Crippen molar-refractivity contribution in [2.24, 2.45) is 0 Å². The number of hydrogen-bond acceptors (Lipinski definition) is 4. The minimum atomic E-state index is -1.21. The van der Waals surface area contributed by atoms with Gasteiger partial charge in [0.25, 0.3) is 5.91 Å². The number of halogens is 1. The molecule has 0 spiro atoms. The van der Waals surface area contributed by atoms with E-state index in [1.807, 2.05) is 32.0 Å². The van der Waals surface area contributed by atoms with E-state index in [0.717, 1.165) is 17.2 Å². The van der Waals surface area contributed by atoms with Gasteiger partial charge in [-0.15, -0.1) is 0 Å². The number of carboxylic acids is 1. The number of carbonyl (C=O) groups excluding carboxylic acids is 1. The first-order valence-corrected chi connectivity index (χ1v) is 7.94. The maximum atomic E-state index is 13.9. The van der Waals surface area contributed by atoms with E-state index in [1.165, 1.54) is 12.1 Å². The number of ether oxygens (including phenoxy) is 2. The SMILES string of the molecule is Cc1cc(C)cc(OC(C)C(=O)Nc2ccc(OCC(=O)O)c(F)c2)c1. The van der Waals surface area contributed by atoms with Crippen molar-refractivity contribution in [2.45, 2.75) is 26.9 Å². The number of carboxylic acid groups (broad SMARTS) is 1. The Balaban J connectivity index is 1.99. The van der Waals surface area contributed by atoms with Crippen molar-refractivity contribution in [3.63, 3.8) is 0 Å². The molecule has 7 heteroatoms. The average Bonchev–Trinajstić information content (AvgIpc) is 2.52. The minimum Gasteiger partial charge on any atom is -0.481 e. The van der Waals surface area contributed by atoms with Gasteiger partial charge in [0.05, 0.1) is 0 Å². The summed E-state index contributed by atoms with van der Waals surface area (Å²) in [4.78, 5) is 22.7. The summed E-state index contributed by atoms with van der Waals surface area (Å²) in [5.74, 6) is -2.05. The molecule has 0 aliphatic rings. The van der Waals surface area contributed by atoms with E-state index in [-0.39, 0.29) is 11.4 Å². The van der Waals surface area contributed by atoms with Gasteiger partial charge in [-0.2, -0.15) is 0 Å². The largest absolute Gasteiger partial charge is 0.481 e. The molecule has 0 radical (unpaired) electrons. The fourth-order valence-corrected chi connectivity index (χ4v) is 2.34. The third-order valence-electron chi connectivity index (χ3n) is 3.43. The number of anilines is 1. The van der Waals surface area contributed by atoms with Crippen molar-refractivity contribution < 1.29 is 28.6 Å². The summed E-state index contributed by atoms with van der Waals surface area (Å²) in [7, 11) is 0. The second-order valence-corrected chi connectivity index (χ2v) is 5.90. The molecule has 0 bridgehead atoms. The van der Waals surface area contributed by atoms with Gasteiger partial charge in [0.2, 0.25) is 0 Å². The van der Waals surface area contributed by atoms with Crippen LogP contribution in [0.25, 0.3) is 0 Å². The number of aliphatic carboxylic acids is 1. The number of aryl methyl sites for hydroxylation is 2. The number of rotatable bonds is 7. The minimum absolute atomic E-state index is 0.204. The summed E-state index contributed by atoms with van der Waals surface area (Å²) in [6.45, 7) is 4.81. The molecule has 2 aromatic rings. The zero-order valence-electron chi connectivity index (χ0n) is 14.7. The molecular weight excluding hydrogens is 341 g/mol. The lowest BCUT2D eigenvalue weighted by Gasteiger charge is -2.16. The van der Waals surface area contributed by atoms with Gasteiger partial charge in [-0.05, 0) is 56.2 Å². The van der Waals surface area contributed by atoms with Crippen molar-refractivity contribution in [1.29, 1.82) is 0 Å². The third-order valence-corrected chi connectivity index (χ3v) is 3.43. The van der Waals surface area contributed by atoms with Crippen LogP contribution in [0, 0.1) is 19.7 Å². The van der Waals surface area contributed by atoms with Gasteiger partial charge in [-0.25, -0.2) is 9.18 Å². The van der Waals surface area contributed by atoms with Crippen molar-refractivity contribution in [1.82, 2.24) is 0 Å². The van der Waals surface area contributed by atoms with E-state index in [2.05, 4.69) is 5.32 Å². The van der Waals surface area contributed by atoms with Gasteiger partial charge in [-0.3, -0.25) is 4.79 Å². The third kappa shape index (κ3) is 5.47. The topological polar surface area (TPSA) is 84.9 Å². The lowest BCUT2D eigenvalue weighted by atomic mass is 10.1. The predicted molar refractivity (Wildman–Crippen MR) is 94.2 cm³/mol. The molecule has 1 unspecified atom stereocenters. The molecular formula is C19H20FNO5. The Morgan fingerprint density at radius 2 is 1.81 bits per heavy atom. The molecule has 0 saturated heterocycles. The second kappa shape index (κ2) is 8.33. The van der Waals surface area contributed by atoms with Crippen LogP contribution in [0.4, 0.5) is 10.1 Å². The summed E-state index contributed by atoms with van der Waals surface area (Å²) in [6.07, 6.45) is -0.790. The number of amides is 1. The summed E-state index contributed by atoms with van der Waals surface area (Å²) in [5.41, 5.74) is 2.25. The van der Waals surface area contributed by atoms with Crippen LogP contribution in [0.15, 0.2) is 36.4 Å². The maximum absolute atomic E-state index is 13.9. The number of carbonyl (C=O) groups is 2. The van der Waals surface area contributed by atoms with E-state index in [1.54, 1.807) is 6.92 Å². The Morgan fingerprint density at radius 1 is 1.15 bits per heavy atom. The zero-order chi connectivity index (χ0) is 19.3. The second-order valence-electron chi connectivity index (χ2n) is 5.90. The lowest BCUT2D eigenvalue weighted by Crippen LogP contribution is -2.30. The van der Waals surface area contributed by atoms with Crippen LogP contribution in [0.5, 0.6) is 11.5 Å². The highest BCUT2D eigenvalue weighted by molar-refractivity contribution is 5.94. The van der Waals surface area contributed by atoms with Crippen molar-refractivity contribution >= 4 is 17.6 Å². The van der Waals surface area contributed by atoms with Crippen LogP contribution in [0.2, 0.25) is 0 Å². The number of hydrogen-bond donors (Lipinski definition) is 2. The quantitative estimate of drug-likeness (QED) is 0.790. The first-order valence-electron chi connectivity index (χ1n) is 7.94. The van der Waals surface area contributed by atoms with Crippen LogP contribution in [0.3, 0.4) is 0 Å². The van der Waals surface area contributed by atoms with Gasteiger partial charge in [0.1, 0.15) is 5.75 Å². The van der Waals surface area contributed by atoms with Gasteiger partial charge in [0.15, 0.2) is 24.3 Å². The normalized spacial score (nSPS) is 11.5. The molecule has 0 heterocycles. The first-order chi connectivity index (χ1) is 12.2. The van der Waals surface area contributed by atoms with Crippen LogP contribution in [-0.4, -0.2) is 29.7 Å². The standard InChI is InChI=1S/C19H20FNO5/c1-11-6-12(2)8-15(7-11)26-13(3)19(24)21-14-4-5-17(16(20)9-14)25-10-18(22)23/h4-9,13H,10H2,1-3H3,(H,21,24)(H,22,23). The molecule has 0 saturated carbocycles. The molecule has 0 aromatic heterocycles. The van der Waals surface area contributed by atoms with Gasteiger partial charge >= 0.3 is 5.97 Å². The van der Waals surface area contributed by atoms with Crippen LogP contribution in [-0.2, 0) is 9.59 Å². The van der Waals surface area contributed by atoms with Gasteiger partial charge < -0.3 is 19.9 Å². The maximum Gasteiger partial charge on any atom is 0.341 e. The monoisotopic (exact) mass is 361 g/mol. The summed E-state index contributed by atoms with van der Waals surface area (Å²) < 4.78 is 24.3. The molecule has 6 nitrogen and oxygen atoms in total. The van der Waals surface area contributed by atoms with Gasteiger partial charge in [0, 0.05) is 11.8 Å². The highest BCUT2D eigenvalue weighted by Gasteiger charge is 2.16. The lowest BCUT2D eigenvalue weighted by molar-refractivity contribution is -0.139. The number of benzene rings is 2. The van der Waals surface area contributed by atoms with E-state index < -0.39 is 30.4 Å². The van der Waals surface area contributed by atoms with Crippen molar-refractivity contribution in [2.75, 3.05) is 11.9 Å². The Morgan fingerprint density at radius 3 is 2.38 bits per heavy atom. The zero-order valence-corrected chi connectivity index (χ0v) is 14.7. The fourth-order valence-electron chi connectivity index (χ4n) is 2.34. The predicted octanol–water partition coefficient (Wildman–Crippen LogP) is 3.31.